The van der Waals surface area contributed by atoms with E-state index in [1.807, 2.05) is 0 Å². The fraction of sp³-hybridized carbons (Fsp3) is 0.0714. The molecule has 0 aliphatic heterocycles. The first kappa shape index (κ1) is 15.0. The van der Waals surface area contributed by atoms with Gasteiger partial charge in [-0.05, 0) is 25.1 Å². The molecule has 0 spiro atoms. The zero-order valence-corrected chi connectivity index (χ0v) is 12.6. The van der Waals surface area contributed by atoms with Gasteiger partial charge >= 0.3 is 0 Å². The SMILES string of the molecule is Cc1ncc(Cl)c(C(=O)Nc2ccc(-n3cncn3)c(F)c2)n1. The normalized spacial score (nSPS) is 10.6. The van der Waals surface area contributed by atoms with Crippen LogP contribution < -0.4 is 5.32 Å². The Hall–Kier alpha value is -2.87. The van der Waals surface area contributed by atoms with E-state index in [0.29, 0.717) is 5.82 Å². The Morgan fingerprint density at radius 1 is 1.39 bits per heavy atom. The van der Waals surface area contributed by atoms with Crippen molar-refractivity contribution in [2.45, 2.75) is 6.92 Å². The van der Waals surface area contributed by atoms with Crippen LogP contribution >= 0.6 is 11.6 Å². The van der Waals surface area contributed by atoms with Gasteiger partial charge in [0.1, 0.15) is 24.2 Å². The van der Waals surface area contributed by atoms with Crippen molar-refractivity contribution in [3.8, 4) is 5.69 Å². The van der Waals surface area contributed by atoms with E-state index in [-0.39, 0.29) is 22.1 Å². The number of hydrogen-bond donors (Lipinski definition) is 1. The van der Waals surface area contributed by atoms with E-state index < -0.39 is 11.7 Å². The number of halogens is 2. The molecule has 7 nitrogen and oxygen atoms in total. The van der Waals surface area contributed by atoms with Crippen molar-refractivity contribution in [1.29, 1.82) is 0 Å². The molecule has 1 amide bonds. The van der Waals surface area contributed by atoms with Gasteiger partial charge in [0, 0.05) is 5.69 Å². The summed E-state index contributed by atoms with van der Waals surface area (Å²) in [7, 11) is 0. The highest BCUT2D eigenvalue weighted by molar-refractivity contribution is 6.33. The van der Waals surface area contributed by atoms with Gasteiger partial charge in [-0.1, -0.05) is 11.6 Å². The first-order valence-corrected chi connectivity index (χ1v) is 6.87. The zero-order valence-electron chi connectivity index (χ0n) is 11.9. The maximum absolute atomic E-state index is 14.1. The van der Waals surface area contributed by atoms with E-state index in [4.69, 9.17) is 11.6 Å². The maximum atomic E-state index is 14.1. The van der Waals surface area contributed by atoms with Gasteiger partial charge in [-0.2, -0.15) is 5.10 Å². The minimum atomic E-state index is -0.557. The topological polar surface area (TPSA) is 85.6 Å². The first-order valence-electron chi connectivity index (χ1n) is 6.49. The standard InChI is InChI=1S/C14H10ClFN6O/c1-8-18-5-10(15)13(20-8)14(23)21-9-2-3-12(11(16)4-9)22-7-17-6-19-22/h2-7H,1H3,(H,21,23). The number of nitrogens with one attached hydrogen (secondary N) is 1. The Morgan fingerprint density at radius 2 is 2.22 bits per heavy atom. The summed E-state index contributed by atoms with van der Waals surface area (Å²) in [6, 6.07) is 4.20. The molecule has 2 heterocycles. The van der Waals surface area contributed by atoms with Crippen LogP contribution in [0.5, 0.6) is 0 Å². The minimum absolute atomic E-state index is 0.0277. The summed E-state index contributed by atoms with van der Waals surface area (Å²) < 4.78 is 15.4. The Morgan fingerprint density at radius 3 is 2.91 bits per heavy atom. The summed E-state index contributed by atoms with van der Waals surface area (Å²) in [6.07, 6.45) is 4.02. The fourth-order valence-electron chi connectivity index (χ4n) is 1.91. The molecule has 3 rings (SSSR count). The number of benzene rings is 1. The van der Waals surface area contributed by atoms with Gasteiger partial charge in [-0.25, -0.2) is 24.0 Å². The molecule has 0 saturated carbocycles. The Kier molecular flexibility index (Phi) is 3.98. The number of carbonyl (C=O) groups is 1. The number of aryl methyl sites for hydroxylation is 1. The van der Waals surface area contributed by atoms with Gasteiger partial charge in [-0.15, -0.1) is 0 Å². The molecule has 0 atom stereocenters. The quantitative estimate of drug-likeness (QED) is 0.796. The van der Waals surface area contributed by atoms with E-state index >= 15 is 0 Å². The second-order valence-corrected chi connectivity index (χ2v) is 4.98. The zero-order chi connectivity index (χ0) is 16.4. The van der Waals surface area contributed by atoms with E-state index in [2.05, 4.69) is 25.4 Å². The predicted octanol–water partition coefficient (Wildman–Crippen LogP) is 2.41. The van der Waals surface area contributed by atoms with Crippen LogP contribution in [0.15, 0.2) is 37.1 Å². The van der Waals surface area contributed by atoms with Crippen LogP contribution in [0.2, 0.25) is 5.02 Å². The predicted molar refractivity (Wildman–Crippen MR) is 81.0 cm³/mol. The van der Waals surface area contributed by atoms with Gasteiger partial charge in [0.15, 0.2) is 11.5 Å². The van der Waals surface area contributed by atoms with Gasteiger partial charge in [0.25, 0.3) is 5.91 Å². The molecule has 0 aliphatic carbocycles. The average molecular weight is 333 g/mol. The number of carbonyl (C=O) groups excluding carboxylic acids is 1. The average Bonchev–Trinajstić information content (AvgIpc) is 3.04. The van der Waals surface area contributed by atoms with E-state index in [0.717, 1.165) is 0 Å². The molecular weight excluding hydrogens is 323 g/mol. The first-order chi connectivity index (χ1) is 11.0. The summed E-state index contributed by atoms with van der Waals surface area (Å²) in [5.74, 6) is -0.695. The minimum Gasteiger partial charge on any atom is -0.320 e. The van der Waals surface area contributed by atoms with Crippen LogP contribution in [0, 0.1) is 12.7 Å². The molecule has 116 valence electrons. The molecule has 9 heteroatoms. The van der Waals surface area contributed by atoms with Crippen LogP contribution in [-0.4, -0.2) is 30.6 Å². The molecule has 0 radical (unpaired) electrons. The summed E-state index contributed by atoms with van der Waals surface area (Å²) in [5.41, 5.74) is 0.514. The van der Waals surface area contributed by atoms with Crippen molar-refractivity contribution in [1.82, 2.24) is 24.7 Å². The highest BCUT2D eigenvalue weighted by Gasteiger charge is 2.14. The van der Waals surface area contributed by atoms with Crippen molar-refractivity contribution in [2.75, 3.05) is 5.32 Å². The largest absolute Gasteiger partial charge is 0.320 e. The molecule has 23 heavy (non-hydrogen) atoms. The summed E-state index contributed by atoms with van der Waals surface area (Å²) in [6.45, 7) is 1.64. The van der Waals surface area contributed by atoms with E-state index in [1.54, 1.807) is 13.0 Å². The van der Waals surface area contributed by atoms with Crippen molar-refractivity contribution in [3.05, 3.63) is 59.4 Å². The summed E-state index contributed by atoms with van der Waals surface area (Å²) >= 11 is 5.90. The molecule has 1 aromatic carbocycles. The van der Waals surface area contributed by atoms with E-state index in [1.165, 1.54) is 35.7 Å². The van der Waals surface area contributed by atoms with Crippen molar-refractivity contribution < 1.29 is 9.18 Å². The van der Waals surface area contributed by atoms with Crippen LogP contribution in [0.1, 0.15) is 16.3 Å². The van der Waals surface area contributed by atoms with Crippen LogP contribution in [0.3, 0.4) is 0 Å². The lowest BCUT2D eigenvalue weighted by Crippen LogP contribution is -2.15. The second-order valence-electron chi connectivity index (χ2n) is 4.57. The molecule has 0 unspecified atom stereocenters. The molecule has 0 fully saturated rings. The number of anilines is 1. The number of hydrogen-bond acceptors (Lipinski definition) is 5. The molecule has 1 N–H and O–H groups in total. The van der Waals surface area contributed by atoms with Crippen molar-refractivity contribution in [3.63, 3.8) is 0 Å². The maximum Gasteiger partial charge on any atom is 0.275 e. The smallest absolute Gasteiger partial charge is 0.275 e. The highest BCUT2D eigenvalue weighted by Crippen LogP contribution is 2.19. The molecule has 0 bridgehead atoms. The Bertz CT molecular complexity index is 868. The number of aromatic nitrogens is 5. The molecule has 0 saturated heterocycles. The molecule has 3 aromatic rings. The lowest BCUT2D eigenvalue weighted by molar-refractivity contribution is 0.102. The van der Waals surface area contributed by atoms with Crippen LogP contribution in [0.4, 0.5) is 10.1 Å². The lowest BCUT2D eigenvalue weighted by atomic mass is 10.2. The third-order valence-electron chi connectivity index (χ3n) is 2.95. The van der Waals surface area contributed by atoms with Crippen molar-refractivity contribution in [2.24, 2.45) is 0 Å². The number of rotatable bonds is 3. The second kappa shape index (κ2) is 6.09. The highest BCUT2D eigenvalue weighted by atomic mass is 35.5. The Labute approximate surface area is 135 Å². The monoisotopic (exact) mass is 332 g/mol. The molecular formula is C14H10ClFN6O. The fourth-order valence-corrected chi connectivity index (χ4v) is 2.08. The van der Waals surface area contributed by atoms with Gasteiger partial charge in [-0.3, -0.25) is 4.79 Å². The lowest BCUT2D eigenvalue weighted by Gasteiger charge is -2.08. The van der Waals surface area contributed by atoms with Gasteiger partial charge in [0.2, 0.25) is 0 Å². The van der Waals surface area contributed by atoms with Crippen LogP contribution in [0.25, 0.3) is 5.69 Å². The third-order valence-corrected chi connectivity index (χ3v) is 3.23. The summed E-state index contributed by atoms with van der Waals surface area (Å²) in [5, 5.41) is 6.51. The number of amides is 1. The summed E-state index contributed by atoms with van der Waals surface area (Å²) in [4.78, 5) is 23.8. The van der Waals surface area contributed by atoms with Crippen molar-refractivity contribution >= 4 is 23.2 Å². The van der Waals surface area contributed by atoms with Gasteiger partial charge < -0.3 is 5.32 Å². The number of nitrogens with zero attached hydrogens (tertiary/aromatic N) is 5. The molecule has 0 aliphatic rings. The molecule has 2 aromatic heterocycles. The Balaban J connectivity index is 1.84. The van der Waals surface area contributed by atoms with Crippen LogP contribution in [-0.2, 0) is 0 Å². The third kappa shape index (κ3) is 3.16. The van der Waals surface area contributed by atoms with Gasteiger partial charge in [0.05, 0.1) is 11.2 Å². The van der Waals surface area contributed by atoms with E-state index in [9.17, 15) is 9.18 Å².